The number of likely N-dealkylation sites (tertiary alicyclic amines) is 1. The first-order valence-electron chi connectivity index (χ1n) is 7.82. The van der Waals surface area contributed by atoms with Crippen molar-refractivity contribution in [3.05, 3.63) is 11.6 Å². The number of nitrogens with zero attached hydrogens (tertiary/aromatic N) is 3. The summed E-state index contributed by atoms with van der Waals surface area (Å²) in [5, 5.41) is 0. The summed E-state index contributed by atoms with van der Waals surface area (Å²) in [6, 6.07) is 0.662. The normalized spacial score (nSPS) is 28.7. The average Bonchev–Trinajstić information content (AvgIpc) is 2.78. The number of rotatable bonds is 3. The highest BCUT2D eigenvalue weighted by molar-refractivity contribution is 5.73. The van der Waals surface area contributed by atoms with Gasteiger partial charge in [0.25, 0.3) is 0 Å². The van der Waals surface area contributed by atoms with Crippen molar-refractivity contribution in [2.45, 2.75) is 33.7 Å². The zero-order valence-corrected chi connectivity index (χ0v) is 13.4. The minimum Gasteiger partial charge on any atom is -0.340 e. The van der Waals surface area contributed by atoms with Crippen LogP contribution in [0.3, 0.4) is 0 Å². The number of carbonyl (C=O) groups excluding carboxylic acids is 1. The Labute approximate surface area is 123 Å². The smallest absolute Gasteiger partial charge is 0.219 e. The molecule has 4 nitrogen and oxygen atoms in total. The van der Waals surface area contributed by atoms with Crippen LogP contribution in [0.2, 0.25) is 0 Å². The fourth-order valence-electron chi connectivity index (χ4n) is 3.35. The molecule has 0 aliphatic carbocycles. The predicted molar refractivity (Wildman–Crippen MR) is 82.7 cm³/mol. The Morgan fingerprint density at radius 3 is 2.30 bits per heavy atom. The van der Waals surface area contributed by atoms with Crippen LogP contribution < -0.4 is 0 Å². The van der Waals surface area contributed by atoms with Crippen LogP contribution in [-0.2, 0) is 4.79 Å². The van der Waals surface area contributed by atoms with Crippen molar-refractivity contribution in [2.75, 3.05) is 45.8 Å². The number of allylic oxidation sites excluding steroid dienone is 1. The molecule has 0 radical (unpaired) electrons. The molecule has 0 saturated carbocycles. The van der Waals surface area contributed by atoms with Crippen LogP contribution in [0.1, 0.15) is 27.7 Å². The fourth-order valence-corrected chi connectivity index (χ4v) is 3.35. The molecular weight excluding hydrogens is 250 g/mol. The van der Waals surface area contributed by atoms with Crippen molar-refractivity contribution >= 4 is 5.91 Å². The van der Waals surface area contributed by atoms with Crippen molar-refractivity contribution in [1.29, 1.82) is 0 Å². The van der Waals surface area contributed by atoms with E-state index in [1.54, 1.807) is 6.92 Å². The van der Waals surface area contributed by atoms with Crippen molar-refractivity contribution in [3.63, 3.8) is 0 Å². The molecule has 2 rings (SSSR count). The van der Waals surface area contributed by atoms with Gasteiger partial charge in [-0.05, 0) is 19.8 Å². The first-order valence-corrected chi connectivity index (χ1v) is 7.82. The highest BCUT2D eigenvalue weighted by atomic mass is 16.2. The topological polar surface area (TPSA) is 26.8 Å². The summed E-state index contributed by atoms with van der Waals surface area (Å²) in [7, 11) is 0. The Balaban J connectivity index is 1.84. The molecular formula is C16H29N3O. The van der Waals surface area contributed by atoms with Crippen LogP contribution in [0.4, 0.5) is 0 Å². The maximum Gasteiger partial charge on any atom is 0.219 e. The van der Waals surface area contributed by atoms with E-state index in [0.717, 1.165) is 38.6 Å². The standard InChI is InChI=1S/C16H29N3O/c1-13(2)5-6-17-11-14(3)16(12-17)19-9-7-18(8-10-19)15(4)20/h5,14,16H,6-12H2,1-4H3. The summed E-state index contributed by atoms with van der Waals surface area (Å²) in [6.45, 7) is 15.7. The molecule has 2 atom stereocenters. The van der Waals surface area contributed by atoms with Gasteiger partial charge in [0.2, 0.25) is 5.91 Å². The minimum atomic E-state index is 0.217. The van der Waals surface area contributed by atoms with Crippen molar-refractivity contribution in [3.8, 4) is 0 Å². The van der Waals surface area contributed by atoms with E-state index in [1.807, 2.05) is 4.90 Å². The van der Waals surface area contributed by atoms with E-state index in [0.29, 0.717) is 6.04 Å². The quantitative estimate of drug-likeness (QED) is 0.731. The molecule has 0 N–H and O–H groups in total. The first kappa shape index (κ1) is 15.5. The van der Waals surface area contributed by atoms with E-state index in [9.17, 15) is 4.79 Å². The maximum atomic E-state index is 11.4. The van der Waals surface area contributed by atoms with Gasteiger partial charge in [0.1, 0.15) is 0 Å². The summed E-state index contributed by atoms with van der Waals surface area (Å²) >= 11 is 0. The second-order valence-corrected chi connectivity index (χ2v) is 6.59. The molecule has 2 aliphatic rings. The van der Waals surface area contributed by atoms with E-state index >= 15 is 0 Å². The minimum absolute atomic E-state index is 0.217. The van der Waals surface area contributed by atoms with Gasteiger partial charge in [-0.3, -0.25) is 14.6 Å². The second kappa shape index (κ2) is 6.72. The van der Waals surface area contributed by atoms with Gasteiger partial charge in [-0.2, -0.15) is 0 Å². The summed E-state index contributed by atoms with van der Waals surface area (Å²) in [4.78, 5) is 18.5. The number of amides is 1. The lowest BCUT2D eigenvalue weighted by Gasteiger charge is -2.39. The van der Waals surface area contributed by atoms with Crippen LogP contribution in [0.5, 0.6) is 0 Å². The van der Waals surface area contributed by atoms with Crippen LogP contribution in [0.25, 0.3) is 0 Å². The molecule has 2 heterocycles. The monoisotopic (exact) mass is 279 g/mol. The highest BCUT2D eigenvalue weighted by Crippen LogP contribution is 2.23. The summed E-state index contributed by atoms with van der Waals surface area (Å²) in [6.07, 6.45) is 2.32. The molecule has 20 heavy (non-hydrogen) atoms. The third kappa shape index (κ3) is 3.83. The van der Waals surface area contributed by atoms with E-state index in [4.69, 9.17) is 0 Å². The van der Waals surface area contributed by atoms with Gasteiger partial charge in [0.15, 0.2) is 0 Å². The largest absolute Gasteiger partial charge is 0.340 e. The Kier molecular flexibility index (Phi) is 5.22. The zero-order chi connectivity index (χ0) is 14.7. The van der Waals surface area contributed by atoms with Crippen LogP contribution in [-0.4, -0.2) is 72.5 Å². The van der Waals surface area contributed by atoms with E-state index in [1.165, 1.54) is 18.7 Å². The Bertz CT molecular complexity index is 368. The van der Waals surface area contributed by atoms with Crippen LogP contribution in [0, 0.1) is 5.92 Å². The van der Waals surface area contributed by atoms with Gasteiger partial charge < -0.3 is 4.90 Å². The lowest BCUT2D eigenvalue weighted by atomic mass is 10.0. The van der Waals surface area contributed by atoms with E-state index < -0.39 is 0 Å². The number of hydrogen-bond acceptors (Lipinski definition) is 3. The van der Waals surface area contributed by atoms with E-state index in [2.05, 4.69) is 36.6 Å². The van der Waals surface area contributed by atoms with Gasteiger partial charge in [-0.1, -0.05) is 18.6 Å². The molecule has 0 aromatic carbocycles. The van der Waals surface area contributed by atoms with Crippen LogP contribution in [0.15, 0.2) is 11.6 Å². The SMILES string of the molecule is CC(=O)N1CCN(C2CN(CC=C(C)C)CC2C)CC1. The highest BCUT2D eigenvalue weighted by Gasteiger charge is 2.34. The molecule has 4 heteroatoms. The molecule has 0 spiro atoms. The van der Waals surface area contributed by atoms with Gasteiger partial charge >= 0.3 is 0 Å². The van der Waals surface area contributed by atoms with Gasteiger partial charge in [-0.15, -0.1) is 0 Å². The number of carbonyl (C=O) groups is 1. The third-order valence-electron chi connectivity index (χ3n) is 4.63. The van der Waals surface area contributed by atoms with Gasteiger partial charge in [-0.25, -0.2) is 0 Å². The van der Waals surface area contributed by atoms with E-state index in [-0.39, 0.29) is 5.91 Å². The number of hydrogen-bond donors (Lipinski definition) is 0. The molecule has 1 amide bonds. The molecule has 2 unspecified atom stereocenters. The maximum absolute atomic E-state index is 11.4. The average molecular weight is 279 g/mol. The summed E-state index contributed by atoms with van der Waals surface area (Å²) in [5.41, 5.74) is 1.40. The van der Waals surface area contributed by atoms with Crippen molar-refractivity contribution in [1.82, 2.24) is 14.7 Å². The zero-order valence-electron chi connectivity index (χ0n) is 13.4. The third-order valence-corrected chi connectivity index (χ3v) is 4.63. The molecule has 0 bridgehead atoms. The van der Waals surface area contributed by atoms with Gasteiger partial charge in [0.05, 0.1) is 0 Å². The number of piperazine rings is 1. The Morgan fingerprint density at radius 1 is 1.10 bits per heavy atom. The molecule has 2 fully saturated rings. The molecule has 0 aromatic heterocycles. The Morgan fingerprint density at radius 2 is 1.75 bits per heavy atom. The fraction of sp³-hybridized carbons (Fsp3) is 0.812. The molecule has 2 saturated heterocycles. The lowest BCUT2D eigenvalue weighted by Crippen LogP contribution is -2.53. The van der Waals surface area contributed by atoms with Crippen molar-refractivity contribution in [2.24, 2.45) is 5.92 Å². The second-order valence-electron chi connectivity index (χ2n) is 6.59. The lowest BCUT2D eigenvalue weighted by molar-refractivity contribution is -0.130. The molecule has 114 valence electrons. The molecule has 2 aliphatic heterocycles. The van der Waals surface area contributed by atoms with Crippen molar-refractivity contribution < 1.29 is 4.79 Å². The predicted octanol–water partition coefficient (Wildman–Crippen LogP) is 1.44. The van der Waals surface area contributed by atoms with Gasteiger partial charge in [0, 0.05) is 58.8 Å². The molecule has 0 aromatic rings. The summed E-state index contributed by atoms with van der Waals surface area (Å²) < 4.78 is 0. The Hall–Kier alpha value is -0.870. The summed E-state index contributed by atoms with van der Waals surface area (Å²) in [5.74, 6) is 0.943. The van der Waals surface area contributed by atoms with Crippen LogP contribution >= 0.6 is 0 Å². The first-order chi connectivity index (χ1) is 9.47.